The van der Waals surface area contributed by atoms with Crippen molar-refractivity contribution in [1.29, 1.82) is 0 Å². The number of hydrogen-bond donors (Lipinski definition) is 2. The number of aromatic amines is 1. The van der Waals surface area contributed by atoms with Crippen LogP contribution in [0.25, 0.3) is 10.9 Å². The summed E-state index contributed by atoms with van der Waals surface area (Å²) in [5.74, 6) is 0.840. The lowest BCUT2D eigenvalue weighted by Crippen LogP contribution is -2.34. The number of aromatic nitrogens is 1. The van der Waals surface area contributed by atoms with Crippen LogP contribution < -0.4 is 19.7 Å². The molecule has 1 fully saturated rings. The molecule has 2 N–H and O–H groups in total. The number of fused-ring (bicyclic) bond motifs is 2. The maximum atomic E-state index is 12.8. The Hall–Kier alpha value is -3.48. The Morgan fingerprint density at radius 2 is 2.00 bits per heavy atom. The molecule has 1 aromatic heterocycles. The number of carbonyl (C=O) groups is 2. The van der Waals surface area contributed by atoms with Gasteiger partial charge in [-0.1, -0.05) is 25.1 Å². The Morgan fingerprint density at radius 3 is 2.84 bits per heavy atom. The number of benzene rings is 2. The number of nitrogens with zero attached hydrogens (tertiary/aromatic N) is 1. The van der Waals surface area contributed by atoms with Gasteiger partial charge in [-0.05, 0) is 36.1 Å². The second-order valence-corrected chi connectivity index (χ2v) is 8.28. The average molecular weight is 434 g/mol. The van der Waals surface area contributed by atoms with E-state index in [2.05, 4.69) is 35.4 Å². The van der Waals surface area contributed by atoms with Gasteiger partial charge in [0.1, 0.15) is 13.2 Å². The fourth-order valence-corrected chi connectivity index (χ4v) is 4.57. The van der Waals surface area contributed by atoms with Crippen molar-refractivity contribution in [3.8, 4) is 11.5 Å². The van der Waals surface area contributed by atoms with Gasteiger partial charge in [-0.3, -0.25) is 9.59 Å². The number of hydrogen-bond acceptors (Lipinski definition) is 4. The minimum atomic E-state index is -0.356. The van der Waals surface area contributed by atoms with Crippen LogP contribution in [0.15, 0.2) is 42.6 Å². The smallest absolute Gasteiger partial charge is 0.227 e. The number of amides is 2. The van der Waals surface area contributed by atoms with Crippen molar-refractivity contribution in [2.24, 2.45) is 5.92 Å². The molecular formula is C25H27N3O4. The van der Waals surface area contributed by atoms with E-state index in [4.69, 9.17) is 9.47 Å². The summed E-state index contributed by atoms with van der Waals surface area (Å²) in [6.45, 7) is 4.07. The zero-order chi connectivity index (χ0) is 22.1. The van der Waals surface area contributed by atoms with Crippen LogP contribution in [0.5, 0.6) is 11.5 Å². The van der Waals surface area contributed by atoms with Crippen molar-refractivity contribution in [2.45, 2.75) is 26.2 Å². The maximum Gasteiger partial charge on any atom is 0.227 e. The molecule has 0 saturated carbocycles. The van der Waals surface area contributed by atoms with Crippen molar-refractivity contribution in [3.05, 3.63) is 53.7 Å². The summed E-state index contributed by atoms with van der Waals surface area (Å²) in [4.78, 5) is 30.4. The first-order valence-electron chi connectivity index (χ1n) is 11.2. The number of carbonyl (C=O) groups excluding carboxylic acids is 2. The first-order chi connectivity index (χ1) is 15.6. The van der Waals surface area contributed by atoms with E-state index in [0.29, 0.717) is 37.8 Å². The standard InChI is InChI=1S/C25H27N3O4/c1-2-16-4-3-5-20-17(14-27-24(16)20)8-9-26-25(30)18-12-23(29)28(15-18)19-6-7-21-22(13-19)32-11-10-31-21/h3-7,13-14,18,27H,2,8-12,15H2,1H3,(H,26,30). The quantitative estimate of drug-likeness (QED) is 0.625. The van der Waals surface area contributed by atoms with E-state index in [1.807, 2.05) is 24.4 Å². The molecule has 2 amide bonds. The fraction of sp³-hybridized carbons (Fsp3) is 0.360. The lowest BCUT2D eigenvalue weighted by atomic mass is 10.1. The Labute approximate surface area is 186 Å². The molecule has 3 heterocycles. The average Bonchev–Trinajstić information content (AvgIpc) is 3.42. The van der Waals surface area contributed by atoms with Crippen molar-refractivity contribution >= 4 is 28.4 Å². The number of H-pyrrole nitrogens is 1. The molecule has 1 saturated heterocycles. The Morgan fingerprint density at radius 1 is 1.16 bits per heavy atom. The molecule has 7 nitrogen and oxygen atoms in total. The van der Waals surface area contributed by atoms with E-state index < -0.39 is 0 Å². The van der Waals surface area contributed by atoms with Gasteiger partial charge in [-0.15, -0.1) is 0 Å². The molecule has 0 spiro atoms. The van der Waals surface area contributed by atoms with E-state index in [9.17, 15) is 9.59 Å². The van der Waals surface area contributed by atoms with Crippen molar-refractivity contribution in [1.82, 2.24) is 10.3 Å². The molecule has 5 rings (SSSR count). The maximum absolute atomic E-state index is 12.8. The second kappa shape index (κ2) is 8.57. The summed E-state index contributed by atoms with van der Waals surface area (Å²) in [6, 6.07) is 11.8. The number of anilines is 1. The van der Waals surface area contributed by atoms with Gasteiger partial charge in [-0.25, -0.2) is 0 Å². The molecule has 0 aliphatic carbocycles. The highest BCUT2D eigenvalue weighted by Gasteiger charge is 2.35. The highest BCUT2D eigenvalue weighted by molar-refractivity contribution is 6.00. The summed E-state index contributed by atoms with van der Waals surface area (Å²) in [7, 11) is 0. The monoisotopic (exact) mass is 433 g/mol. The molecule has 3 aromatic rings. The molecule has 2 aliphatic rings. The number of aryl methyl sites for hydroxylation is 1. The van der Waals surface area contributed by atoms with Gasteiger partial charge >= 0.3 is 0 Å². The lowest BCUT2D eigenvalue weighted by Gasteiger charge is -2.22. The Balaban J connectivity index is 1.19. The first-order valence-corrected chi connectivity index (χ1v) is 11.2. The van der Waals surface area contributed by atoms with Crippen molar-refractivity contribution < 1.29 is 19.1 Å². The molecule has 32 heavy (non-hydrogen) atoms. The van der Waals surface area contributed by atoms with Gasteiger partial charge in [0, 0.05) is 48.4 Å². The third-order valence-corrected chi connectivity index (χ3v) is 6.30. The molecule has 1 unspecified atom stereocenters. The summed E-state index contributed by atoms with van der Waals surface area (Å²) < 4.78 is 11.2. The molecule has 166 valence electrons. The first kappa shape index (κ1) is 20.4. The molecule has 2 aliphatic heterocycles. The van der Waals surface area contributed by atoms with Crippen LogP contribution in [0, 0.1) is 5.92 Å². The summed E-state index contributed by atoms with van der Waals surface area (Å²) >= 11 is 0. The highest BCUT2D eigenvalue weighted by Crippen LogP contribution is 2.36. The van der Waals surface area contributed by atoms with Crippen LogP contribution in [-0.2, 0) is 22.4 Å². The van der Waals surface area contributed by atoms with Gasteiger partial charge in [-0.2, -0.15) is 0 Å². The summed E-state index contributed by atoms with van der Waals surface area (Å²) in [5, 5.41) is 4.23. The topological polar surface area (TPSA) is 83.7 Å². The van der Waals surface area contributed by atoms with E-state index in [0.717, 1.165) is 18.5 Å². The number of ether oxygens (including phenoxy) is 2. The molecule has 1 atom stereocenters. The van der Waals surface area contributed by atoms with E-state index in [1.165, 1.54) is 22.0 Å². The summed E-state index contributed by atoms with van der Waals surface area (Å²) in [6.07, 6.45) is 3.96. The third-order valence-electron chi connectivity index (χ3n) is 6.30. The zero-order valence-corrected chi connectivity index (χ0v) is 18.1. The van der Waals surface area contributed by atoms with Crippen LogP contribution in [0.3, 0.4) is 0 Å². The third kappa shape index (κ3) is 3.79. The molecule has 0 bridgehead atoms. The van der Waals surface area contributed by atoms with Crippen molar-refractivity contribution in [3.63, 3.8) is 0 Å². The minimum absolute atomic E-state index is 0.0504. The van der Waals surface area contributed by atoms with Gasteiger partial charge in [0.05, 0.1) is 5.92 Å². The number of nitrogens with one attached hydrogen (secondary N) is 2. The van der Waals surface area contributed by atoms with Gasteiger partial charge < -0.3 is 24.7 Å². The molecule has 0 radical (unpaired) electrons. The van der Waals surface area contributed by atoms with Gasteiger partial charge in [0.2, 0.25) is 11.8 Å². The zero-order valence-electron chi connectivity index (χ0n) is 18.1. The highest BCUT2D eigenvalue weighted by atomic mass is 16.6. The van der Waals surface area contributed by atoms with E-state index in [-0.39, 0.29) is 24.2 Å². The molecule has 7 heteroatoms. The van der Waals surface area contributed by atoms with Crippen molar-refractivity contribution in [2.75, 3.05) is 31.2 Å². The van der Waals surface area contributed by atoms with Crippen LogP contribution in [0.4, 0.5) is 5.69 Å². The Kier molecular flexibility index (Phi) is 5.47. The van der Waals surface area contributed by atoms with Gasteiger partial charge in [0.25, 0.3) is 0 Å². The van der Waals surface area contributed by atoms with Gasteiger partial charge in [0.15, 0.2) is 11.5 Å². The van der Waals surface area contributed by atoms with Crippen LogP contribution in [0.1, 0.15) is 24.5 Å². The van der Waals surface area contributed by atoms with E-state index in [1.54, 1.807) is 4.90 Å². The molecular weight excluding hydrogens is 406 g/mol. The fourth-order valence-electron chi connectivity index (χ4n) is 4.57. The predicted molar refractivity (Wildman–Crippen MR) is 122 cm³/mol. The number of para-hydroxylation sites is 1. The lowest BCUT2D eigenvalue weighted by molar-refractivity contribution is -0.126. The molecule has 2 aromatic carbocycles. The van der Waals surface area contributed by atoms with Crippen LogP contribution in [0.2, 0.25) is 0 Å². The largest absolute Gasteiger partial charge is 0.486 e. The predicted octanol–water partition coefficient (Wildman–Crippen LogP) is 3.21. The van der Waals surface area contributed by atoms with E-state index >= 15 is 0 Å². The minimum Gasteiger partial charge on any atom is -0.486 e. The number of rotatable bonds is 6. The van der Waals surface area contributed by atoms with Crippen LogP contribution in [-0.4, -0.2) is 43.1 Å². The summed E-state index contributed by atoms with van der Waals surface area (Å²) in [5.41, 5.74) is 4.39. The second-order valence-electron chi connectivity index (χ2n) is 8.28. The Bertz CT molecular complexity index is 1170. The van der Waals surface area contributed by atoms with Crippen LogP contribution >= 0.6 is 0 Å². The normalized spacial score (nSPS) is 17.7. The SMILES string of the molecule is CCc1cccc2c(CCNC(=O)C3CC(=O)N(c4ccc5c(c4)OCCO5)C3)c[nH]c12.